The number of carbonyl (C=O) groups excluding carboxylic acids is 1. The molecule has 142 valence electrons. The van der Waals surface area contributed by atoms with E-state index in [1.54, 1.807) is 6.07 Å². The maximum Gasteiger partial charge on any atom is 0.319 e. The lowest BCUT2D eigenvalue weighted by Gasteiger charge is -2.31. The molecular formula is C19H22N4O4. The zero-order valence-electron chi connectivity index (χ0n) is 14.8. The summed E-state index contributed by atoms with van der Waals surface area (Å²) in [6.45, 7) is 3.66. The van der Waals surface area contributed by atoms with E-state index in [0.29, 0.717) is 25.4 Å². The van der Waals surface area contributed by atoms with Crippen molar-refractivity contribution >= 4 is 17.4 Å². The highest BCUT2D eigenvalue weighted by Gasteiger charge is 2.20. The second-order valence-corrected chi connectivity index (χ2v) is 6.28. The van der Waals surface area contributed by atoms with E-state index in [4.69, 9.17) is 4.74 Å². The molecule has 1 aliphatic heterocycles. The van der Waals surface area contributed by atoms with E-state index in [2.05, 4.69) is 15.5 Å². The molecule has 2 aromatic rings. The number of nitrogens with one attached hydrogen (secondary N) is 2. The summed E-state index contributed by atoms with van der Waals surface area (Å²) in [6, 6.07) is 15.0. The number of nitro benzene ring substituents is 1. The van der Waals surface area contributed by atoms with Gasteiger partial charge >= 0.3 is 6.03 Å². The zero-order chi connectivity index (χ0) is 19.1. The third kappa shape index (κ3) is 5.50. The third-order valence-electron chi connectivity index (χ3n) is 4.37. The van der Waals surface area contributed by atoms with Crippen molar-refractivity contribution in [1.82, 2.24) is 10.2 Å². The highest BCUT2D eigenvalue weighted by atomic mass is 16.6. The summed E-state index contributed by atoms with van der Waals surface area (Å²) in [6.07, 6.45) is 0. The largest absolute Gasteiger partial charge is 0.379 e. The molecule has 27 heavy (non-hydrogen) atoms. The molecule has 8 nitrogen and oxygen atoms in total. The van der Waals surface area contributed by atoms with Gasteiger partial charge in [0.15, 0.2) is 0 Å². The molecule has 2 amide bonds. The Morgan fingerprint density at radius 1 is 1.15 bits per heavy atom. The van der Waals surface area contributed by atoms with Crippen LogP contribution in [0.25, 0.3) is 0 Å². The lowest BCUT2D eigenvalue weighted by atomic mass is 10.1. The number of morpholine rings is 1. The molecule has 1 atom stereocenters. The molecule has 0 bridgehead atoms. The molecule has 1 heterocycles. The Bertz CT molecular complexity index is 778. The predicted octanol–water partition coefficient (Wildman–Crippen LogP) is 2.79. The van der Waals surface area contributed by atoms with Gasteiger partial charge in [0.1, 0.15) is 0 Å². The van der Waals surface area contributed by atoms with Gasteiger partial charge in [0.2, 0.25) is 0 Å². The second-order valence-electron chi connectivity index (χ2n) is 6.28. The highest BCUT2D eigenvalue weighted by molar-refractivity contribution is 5.89. The Hall–Kier alpha value is -2.97. The van der Waals surface area contributed by atoms with Crippen molar-refractivity contribution in [1.29, 1.82) is 0 Å². The molecule has 0 unspecified atom stereocenters. The van der Waals surface area contributed by atoms with Crippen molar-refractivity contribution in [3.05, 3.63) is 70.3 Å². The SMILES string of the molecule is O=C(Nc1cccc([N+](=O)[O-])c1)N[C@@H](CN1CCOCC1)c1ccccc1. The number of carbonyl (C=O) groups is 1. The van der Waals surface area contributed by atoms with E-state index in [9.17, 15) is 14.9 Å². The molecule has 1 aliphatic rings. The first-order valence-corrected chi connectivity index (χ1v) is 8.79. The third-order valence-corrected chi connectivity index (χ3v) is 4.37. The van der Waals surface area contributed by atoms with Crippen LogP contribution in [-0.4, -0.2) is 48.7 Å². The Morgan fingerprint density at radius 3 is 2.59 bits per heavy atom. The number of hydrogen-bond donors (Lipinski definition) is 2. The van der Waals surface area contributed by atoms with Crippen molar-refractivity contribution < 1.29 is 14.5 Å². The minimum Gasteiger partial charge on any atom is -0.379 e. The van der Waals surface area contributed by atoms with Crippen molar-refractivity contribution in [2.24, 2.45) is 0 Å². The standard InChI is InChI=1S/C19H22N4O4/c24-19(20-16-7-4-8-17(13-16)23(25)26)21-18(15-5-2-1-3-6-15)14-22-9-11-27-12-10-22/h1-8,13,18H,9-12,14H2,(H2,20,21,24)/t18-/m0/s1. The van der Waals surface area contributed by atoms with Gasteiger partial charge in [-0.3, -0.25) is 15.0 Å². The number of non-ortho nitro benzene ring substituents is 1. The van der Waals surface area contributed by atoms with Crippen LogP contribution in [0.15, 0.2) is 54.6 Å². The lowest BCUT2D eigenvalue weighted by molar-refractivity contribution is -0.384. The first-order chi connectivity index (χ1) is 13.1. The molecular weight excluding hydrogens is 348 g/mol. The highest BCUT2D eigenvalue weighted by Crippen LogP contribution is 2.18. The zero-order valence-corrected chi connectivity index (χ0v) is 14.8. The van der Waals surface area contributed by atoms with Crippen LogP contribution in [0.3, 0.4) is 0 Å². The Labute approximate surface area is 157 Å². The number of ether oxygens (including phenoxy) is 1. The molecule has 2 aromatic carbocycles. The molecule has 0 saturated carbocycles. The van der Waals surface area contributed by atoms with Gasteiger partial charge in [-0.25, -0.2) is 4.79 Å². The first kappa shape index (κ1) is 18.8. The molecule has 8 heteroatoms. The van der Waals surface area contributed by atoms with Crippen molar-refractivity contribution in [3.63, 3.8) is 0 Å². The van der Waals surface area contributed by atoms with Gasteiger partial charge in [0, 0.05) is 37.5 Å². The Morgan fingerprint density at radius 2 is 1.89 bits per heavy atom. The summed E-state index contributed by atoms with van der Waals surface area (Å²) in [4.78, 5) is 25.1. The quantitative estimate of drug-likeness (QED) is 0.602. The number of rotatable bonds is 6. The molecule has 2 N–H and O–H groups in total. The number of hydrogen-bond acceptors (Lipinski definition) is 5. The number of nitro groups is 1. The van der Waals surface area contributed by atoms with E-state index in [1.165, 1.54) is 18.2 Å². The number of anilines is 1. The number of nitrogens with zero attached hydrogens (tertiary/aromatic N) is 2. The monoisotopic (exact) mass is 370 g/mol. The maximum absolute atomic E-state index is 12.5. The molecule has 0 aromatic heterocycles. The Balaban J connectivity index is 1.68. The van der Waals surface area contributed by atoms with Gasteiger partial charge in [-0.2, -0.15) is 0 Å². The fourth-order valence-corrected chi connectivity index (χ4v) is 2.98. The van der Waals surface area contributed by atoms with Crippen LogP contribution < -0.4 is 10.6 Å². The van der Waals surface area contributed by atoms with Crippen LogP contribution in [-0.2, 0) is 4.74 Å². The lowest BCUT2D eigenvalue weighted by Crippen LogP contribution is -2.44. The van der Waals surface area contributed by atoms with Crippen LogP contribution in [0, 0.1) is 10.1 Å². The predicted molar refractivity (Wildman–Crippen MR) is 102 cm³/mol. The van der Waals surface area contributed by atoms with Gasteiger partial charge in [0.05, 0.1) is 24.2 Å². The molecule has 3 rings (SSSR count). The van der Waals surface area contributed by atoms with E-state index in [0.717, 1.165) is 18.7 Å². The van der Waals surface area contributed by atoms with Gasteiger partial charge in [0.25, 0.3) is 5.69 Å². The summed E-state index contributed by atoms with van der Waals surface area (Å²) in [5, 5.41) is 16.5. The summed E-state index contributed by atoms with van der Waals surface area (Å²) in [5.74, 6) is 0. The molecule has 0 aliphatic carbocycles. The van der Waals surface area contributed by atoms with Gasteiger partial charge in [-0.05, 0) is 11.6 Å². The normalized spacial score (nSPS) is 15.7. The smallest absolute Gasteiger partial charge is 0.319 e. The topological polar surface area (TPSA) is 96.7 Å². The average Bonchev–Trinajstić information content (AvgIpc) is 2.69. The van der Waals surface area contributed by atoms with E-state index < -0.39 is 11.0 Å². The van der Waals surface area contributed by atoms with Crippen LogP contribution in [0.1, 0.15) is 11.6 Å². The fourth-order valence-electron chi connectivity index (χ4n) is 2.98. The minimum absolute atomic E-state index is 0.0688. The molecule has 0 radical (unpaired) electrons. The van der Waals surface area contributed by atoms with Gasteiger partial charge in [-0.1, -0.05) is 36.4 Å². The van der Waals surface area contributed by atoms with Crippen molar-refractivity contribution in [2.75, 3.05) is 38.2 Å². The first-order valence-electron chi connectivity index (χ1n) is 8.79. The number of urea groups is 1. The van der Waals surface area contributed by atoms with E-state index in [1.807, 2.05) is 30.3 Å². The fraction of sp³-hybridized carbons (Fsp3) is 0.316. The van der Waals surface area contributed by atoms with E-state index >= 15 is 0 Å². The maximum atomic E-state index is 12.5. The number of amides is 2. The average molecular weight is 370 g/mol. The van der Waals surface area contributed by atoms with Crippen molar-refractivity contribution in [2.45, 2.75) is 6.04 Å². The van der Waals surface area contributed by atoms with Crippen LogP contribution in [0.4, 0.5) is 16.2 Å². The summed E-state index contributed by atoms with van der Waals surface area (Å²) >= 11 is 0. The van der Waals surface area contributed by atoms with Crippen LogP contribution in [0.2, 0.25) is 0 Å². The summed E-state index contributed by atoms with van der Waals surface area (Å²) in [5.41, 5.74) is 1.30. The molecule has 1 saturated heterocycles. The summed E-state index contributed by atoms with van der Waals surface area (Å²) < 4.78 is 5.38. The summed E-state index contributed by atoms with van der Waals surface area (Å²) in [7, 11) is 0. The molecule has 1 fully saturated rings. The van der Waals surface area contributed by atoms with Crippen LogP contribution >= 0.6 is 0 Å². The second kappa shape index (κ2) is 9.11. The number of benzene rings is 2. The van der Waals surface area contributed by atoms with Crippen molar-refractivity contribution in [3.8, 4) is 0 Å². The minimum atomic E-state index is -0.492. The molecule has 0 spiro atoms. The van der Waals surface area contributed by atoms with Gasteiger partial charge < -0.3 is 15.4 Å². The van der Waals surface area contributed by atoms with E-state index in [-0.39, 0.29) is 11.7 Å². The Kier molecular flexibility index (Phi) is 6.35. The van der Waals surface area contributed by atoms with Crippen LogP contribution in [0.5, 0.6) is 0 Å². The van der Waals surface area contributed by atoms with Gasteiger partial charge in [-0.15, -0.1) is 0 Å².